The number of methoxy groups -OCH3 is 2. The third-order valence-corrected chi connectivity index (χ3v) is 5.34. The van der Waals surface area contributed by atoms with Gasteiger partial charge < -0.3 is 9.47 Å². The van der Waals surface area contributed by atoms with Crippen LogP contribution in [0.25, 0.3) is 0 Å². The van der Waals surface area contributed by atoms with Crippen molar-refractivity contribution in [3.63, 3.8) is 0 Å². The van der Waals surface area contributed by atoms with Crippen molar-refractivity contribution in [2.45, 2.75) is 33.6 Å². The highest BCUT2D eigenvalue weighted by Crippen LogP contribution is 2.38. The number of benzene rings is 3. The SMILES string of the molecule is COc1ccc(C(c2ccc(OC)c(C)c2)c2c(C)cccc2C)cc1C. The molecule has 2 heteroatoms. The average molecular weight is 360 g/mol. The van der Waals surface area contributed by atoms with Gasteiger partial charge in [-0.05, 0) is 78.8 Å². The predicted molar refractivity (Wildman–Crippen MR) is 112 cm³/mol. The summed E-state index contributed by atoms with van der Waals surface area (Å²) in [5.41, 5.74) is 8.83. The summed E-state index contributed by atoms with van der Waals surface area (Å²) < 4.78 is 10.9. The van der Waals surface area contributed by atoms with E-state index in [1.54, 1.807) is 14.2 Å². The van der Waals surface area contributed by atoms with E-state index in [1.807, 2.05) is 0 Å². The Bertz CT molecular complexity index is 883. The molecular weight excluding hydrogens is 332 g/mol. The largest absolute Gasteiger partial charge is 0.496 e. The summed E-state index contributed by atoms with van der Waals surface area (Å²) in [6.07, 6.45) is 0. The molecule has 0 saturated carbocycles. The number of ether oxygens (including phenoxy) is 2. The van der Waals surface area contributed by atoms with Gasteiger partial charge in [-0.15, -0.1) is 0 Å². The van der Waals surface area contributed by atoms with Gasteiger partial charge in [-0.2, -0.15) is 0 Å². The second-order valence-electron chi connectivity index (χ2n) is 7.20. The molecule has 0 atom stereocenters. The van der Waals surface area contributed by atoms with E-state index in [-0.39, 0.29) is 5.92 Å². The zero-order chi connectivity index (χ0) is 19.6. The molecule has 0 aliphatic rings. The third-order valence-electron chi connectivity index (χ3n) is 5.34. The van der Waals surface area contributed by atoms with Crippen LogP contribution in [0.15, 0.2) is 54.6 Å². The molecule has 0 N–H and O–H groups in total. The Hall–Kier alpha value is -2.74. The van der Waals surface area contributed by atoms with Gasteiger partial charge in [-0.1, -0.05) is 42.5 Å². The highest BCUT2D eigenvalue weighted by molar-refractivity contribution is 5.53. The number of rotatable bonds is 5. The molecule has 0 unspecified atom stereocenters. The van der Waals surface area contributed by atoms with Crippen molar-refractivity contribution in [2.75, 3.05) is 14.2 Å². The number of aryl methyl sites for hydroxylation is 4. The van der Waals surface area contributed by atoms with E-state index in [0.717, 1.165) is 22.6 Å². The molecule has 0 saturated heterocycles. The maximum atomic E-state index is 5.47. The Morgan fingerprint density at radius 3 is 1.41 bits per heavy atom. The molecule has 0 bridgehead atoms. The first-order chi connectivity index (χ1) is 13.0. The Kier molecular flexibility index (Phi) is 5.55. The van der Waals surface area contributed by atoms with Gasteiger partial charge in [0, 0.05) is 5.92 Å². The number of hydrogen-bond donors (Lipinski definition) is 0. The molecule has 3 rings (SSSR count). The van der Waals surface area contributed by atoms with E-state index >= 15 is 0 Å². The molecule has 0 heterocycles. The molecule has 2 nitrogen and oxygen atoms in total. The van der Waals surface area contributed by atoms with Gasteiger partial charge in [0.15, 0.2) is 0 Å². The van der Waals surface area contributed by atoms with Crippen LogP contribution in [0.2, 0.25) is 0 Å². The van der Waals surface area contributed by atoms with Crippen LogP contribution in [0.3, 0.4) is 0 Å². The Morgan fingerprint density at radius 2 is 1.04 bits per heavy atom. The molecule has 0 aromatic heterocycles. The van der Waals surface area contributed by atoms with Crippen LogP contribution in [0, 0.1) is 27.7 Å². The van der Waals surface area contributed by atoms with E-state index < -0.39 is 0 Å². The van der Waals surface area contributed by atoms with Gasteiger partial charge >= 0.3 is 0 Å². The van der Waals surface area contributed by atoms with Gasteiger partial charge in [-0.3, -0.25) is 0 Å². The van der Waals surface area contributed by atoms with Crippen molar-refractivity contribution in [2.24, 2.45) is 0 Å². The summed E-state index contributed by atoms with van der Waals surface area (Å²) in [5, 5.41) is 0. The van der Waals surface area contributed by atoms with Crippen molar-refractivity contribution >= 4 is 0 Å². The number of hydrogen-bond acceptors (Lipinski definition) is 2. The first-order valence-electron chi connectivity index (χ1n) is 9.31. The summed E-state index contributed by atoms with van der Waals surface area (Å²) >= 11 is 0. The maximum Gasteiger partial charge on any atom is 0.121 e. The summed E-state index contributed by atoms with van der Waals surface area (Å²) in [5.74, 6) is 2.01. The predicted octanol–water partition coefficient (Wildman–Crippen LogP) is 6.12. The van der Waals surface area contributed by atoms with E-state index in [2.05, 4.69) is 82.3 Å². The lowest BCUT2D eigenvalue weighted by Gasteiger charge is -2.24. The molecule has 3 aromatic carbocycles. The molecule has 27 heavy (non-hydrogen) atoms. The molecular formula is C25H28O2. The minimum atomic E-state index is 0.167. The van der Waals surface area contributed by atoms with E-state index in [4.69, 9.17) is 9.47 Å². The van der Waals surface area contributed by atoms with Gasteiger partial charge in [0.25, 0.3) is 0 Å². The van der Waals surface area contributed by atoms with Crippen LogP contribution in [-0.4, -0.2) is 14.2 Å². The molecule has 140 valence electrons. The topological polar surface area (TPSA) is 18.5 Å². The van der Waals surface area contributed by atoms with Gasteiger partial charge in [0.05, 0.1) is 14.2 Å². The van der Waals surface area contributed by atoms with E-state index in [9.17, 15) is 0 Å². The maximum absolute atomic E-state index is 5.47. The molecule has 0 fully saturated rings. The van der Waals surface area contributed by atoms with Crippen molar-refractivity contribution in [1.82, 2.24) is 0 Å². The van der Waals surface area contributed by atoms with Crippen molar-refractivity contribution in [1.29, 1.82) is 0 Å². The third kappa shape index (κ3) is 3.71. The van der Waals surface area contributed by atoms with Crippen LogP contribution in [0.5, 0.6) is 11.5 Å². The fraction of sp³-hybridized carbons (Fsp3) is 0.280. The Balaban J connectivity index is 2.24. The van der Waals surface area contributed by atoms with Crippen LogP contribution in [0.1, 0.15) is 44.9 Å². The lowest BCUT2D eigenvalue weighted by atomic mass is 9.80. The summed E-state index contributed by atoms with van der Waals surface area (Å²) in [6.45, 7) is 8.59. The molecule has 0 aliphatic carbocycles. The second kappa shape index (κ2) is 7.87. The minimum Gasteiger partial charge on any atom is -0.496 e. The first kappa shape index (κ1) is 19.0. The average Bonchev–Trinajstić information content (AvgIpc) is 2.65. The van der Waals surface area contributed by atoms with Gasteiger partial charge in [0.1, 0.15) is 11.5 Å². The highest BCUT2D eigenvalue weighted by Gasteiger charge is 2.22. The van der Waals surface area contributed by atoms with E-state index in [1.165, 1.54) is 27.8 Å². The zero-order valence-corrected chi connectivity index (χ0v) is 17.1. The normalized spacial score (nSPS) is 10.9. The molecule has 0 aliphatic heterocycles. The molecule has 0 amide bonds. The standard InChI is InChI=1S/C25H28O2/c1-16-8-7-9-17(2)24(16)25(20-10-12-22(26-5)18(3)14-20)21-11-13-23(27-6)19(4)15-21/h7-15,25H,1-6H3. The van der Waals surface area contributed by atoms with Crippen LogP contribution < -0.4 is 9.47 Å². The van der Waals surface area contributed by atoms with Gasteiger partial charge in [0.2, 0.25) is 0 Å². The minimum absolute atomic E-state index is 0.167. The van der Waals surface area contributed by atoms with Crippen LogP contribution >= 0.6 is 0 Å². The summed E-state index contributed by atoms with van der Waals surface area (Å²) in [7, 11) is 3.44. The van der Waals surface area contributed by atoms with Crippen LogP contribution in [-0.2, 0) is 0 Å². The monoisotopic (exact) mass is 360 g/mol. The van der Waals surface area contributed by atoms with E-state index in [0.29, 0.717) is 0 Å². The molecule has 0 radical (unpaired) electrons. The van der Waals surface area contributed by atoms with Gasteiger partial charge in [-0.25, -0.2) is 0 Å². The zero-order valence-electron chi connectivity index (χ0n) is 17.1. The highest BCUT2D eigenvalue weighted by atomic mass is 16.5. The smallest absolute Gasteiger partial charge is 0.121 e. The fourth-order valence-electron chi connectivity index (χ4n) is 3.97. The quantitative estimate of drug-likeness (QED) is 0.511. The summed E-state index contributed by atoms with van der Waals surface area (Å²) in [6, 6.07) is 19.5. The van der Waals surface area contributed by atoms with Crippen molar-refractivity contribution in [3.05, 3.63) is 93.5 Å². The Labute approximate surface area is 162 Å². The molecule has 3 aromatic rings. The molecule has 0 spiro atoms. The fourth-order valence-corrected chi connectivity index (χ4v) is 3.97. The Morgan fingerprint density at radius 1 is 0.593 bits per heavy atom. The second-order valence-corrected chi connectivity index (χ2v) is 7.20. The first-order valence-corrected chi connectivity index (χ1v) is 9.31. The lowest BCUT2D eigenvalue weighted by Crippen LogP contribution is -2.08. The van der Waals surface area contributed by atoms with Crippen molar-refractivity contribution < 1.29 is 9.47 Å². The summed E-state index contributed by atoms with van der Waals surface area (Å²) in [4.78, 5) is 0. The lowest BCUT2D eigenvalue weighted by molar-refractivity contribution is 0.411. The van der Waals surface area contributed by atoms with Crippen LogP contribution in [0.4, 0.5) is 0 Å². The van der Waals surface area contributed by atoms with Crippen molar-refractivity contribution in [3.8, 4) is 11.5 Å².